The fraction of sp³-hybridized carbons (Fsp3) is 0.211. The molecule has 0 aliphatic carbocycles. The summed E-state index contributed by atoms with van der Waals surface area (Å²) in [6.45, 7) is 3.94. The van der Waals surface area contributed by atoms with Crippen molar-refractivity contribution in [2.45, 2.75) is 26.6 Å². The number of halogens is 3. The van der Waals surface area contributed by atoms with Gasteiger partial charge in [-0.05, 0) is 25.5 Å². The molecule has 0 saturated carbocycles. The van der Waals surface area contributed by atoms with Crippen molar-refractivity contribution >= 4 is 17.5 Å². The minimum absolute atomic E-state index is 0.121. The van der Waals surface area contributed by atoms with Crippen molar-refractivity contribution in [2.24, 2.45) is 0 Å². The molecule has 30 heavy (non-hydrogen) atoms. The Balaban J connectivity index is 1.64. The largest absolute Gasteiger partial charge is 0.453 e. The molecule has 4 aromatic rings. The molecule has 154 valence electrons. The van der Waals surface area contributed by atoms with Gasteiger partial charge >= 0.3 is 6.18 Å². The molecule has 1 amide bonds. The molecule has 1 aromatic carbocycles. The molecular weight excluding hydrogens is 399 g/mol. The fourth-order valence-corrected chi connectivity index (χ4v) is 3.00. The Hall–Kier alpha value is -3.76. The van der Waals surface area contributed by atoms with Crippen LogP contribution in [0.25, 0.3) is 5.78 Å². The van der Waals surface area contributed by atoms with Crippen molar-refractivity contribution in [1.29, 1.82) is 0 Å². The van der Waals surface area contributed by atoms with Crippen molar-refractivity contribution in [3.8, 4) is 0 Å². The summed E-state index contributed by atoms with van der Waals surface area (Å²) < 4.78 is 41.3. The average Bonchev–Trinajstić information content (AvgIpc) is 3.27. The molecular formula is C19H16F3N7O. The third kappa shape index (κ3) is 3.86. The minimum atomic E-state index is -4.75. The molecule has 0 aliphatic rings. The number of hydrogen-bond donors (Lipinski definition) is 1. The molecule has 0 bridgehead atoms. The summed E-state index contributed by atoms with van der Waals surface area (Å²) >= 11 is 0. The zero-order valence-electron chi connectivity index (χ0n) is 16.0. The summed E-state index contributed by atoms with van der Waals surface area (Å²) in [4.78, 5) is 20.2. The molecule has 1 N–H and O–H groups in total. The second-order valence-corrected chi connectivity index (χ2v) is 6.75. The van der Waals surface area contributed by atoms with Crippen LogP contribution >= 0.6 is 0 Å². The Labute approximate surface area is 168 Å². The third-order valence-corrected chi connectivity index (χ3v) is 4.30. The number of nitrogens with one attached hydrogen (secondary N) is 1. The van der Waals surface area contributed by atoms with E-state index in [-0.39, 0.29) is 11.5 Å². The summed E-state index contributed by atoms with van der Waals surface area (Å²) in [7, 11) is 0. The van der Waals surface area contributed by atoms with E-state index >= 15 is 0 Å². The quantitative estimate of drug-likeness (QED) is 0.553. The predicted octanol–water partition coefficient (Wildman–Crippen LogP) is 3.26. The molecule has 0 fully saturated rings. The van der Waals surface area contributed by atoms with Crippen molar-refractivity contribution in [3.63, 3.8) is 0 Å². The van der Waals surface area contributed by atoms with Crippen molar-refractivity contribution in [3.05, 3.63) is 70.9 Å². The first kappa shape index (κ1) is 19.6. The van der Waals surface area contributed by atoms with Crippen LogP contribution in [0.1, 0.15) is 33.1 Å². The number of aromatic nitrogens is 6. The molecule has 0 atom stereocenters. The fourth-order valence-electron chi connectivity index (χ4n) is 3.00. The lowest BCUT2D eigenvalue weighted by molar-refractivity contribution is -0.144. The zero-order valence-corrected chi connectivity index (χ0v) is 16.0. The Bertz CT molecular complexity index is 1240. The maximum atomic E-state index is 13.0. The Morgan fingerprint density at radius 3 is 2.67 bits per heavy atom. The van der Waals surface area contributed by atoms with E-state index in [1.807, 2.05) is 31.2 Å². The van der Waals surface area contributed by atoms with Crippen LogP contribution in [0, 0.1) is 13.8 Å². The van der Waals surface area contributed by atoms with Crippen LogP contribution in [0.15, 0.2) is 42.6 Å². The Kier molecular flexibility index (Phi) is 4.72. The molecule has 0 unspecified atom stereocenters. The van der Waals surface area contributed by atoms with Gasteiger partial charge in [-0.25, -0.2) is 9.67 Å². The summed E-state index contributed by atoms with van der Waals surface area (Å²) in [6, 6.07) is 10.8. The van der Waals surface area contributed by atoms with Gasteiger partial charge in [0, 0.05) is 11.8 Å². The van der Waals surface area contributed by atoms with Crippen LogP contribution in [0.5, 0.6) is 0 Å². The van der Waals surface area contributed by atoms with Gasteiger partial charge in [-0.2, -0.15) is 27.8 Å². The molecule has 4 rings (SSSR count). The van der Waals surface area contributed by atoms with E-state index in [0.717, 1.165) is 15.6 Å². The highest BCUT2D eigenvalue weighted by Gasteiger charge is 2.37. The number of amides is 1. The highest BCUT2D eigenvalue weighted by molar-refractivity contribution is 6.02. The van der Waals surface area contributed by atoms with Crippen LogP contribution in [0.4, 0.5) is 19.0 Å². The van der Waals surface area contributed by atoms with E-state index in [2.05, 4.69) is 25.5 Å². The molecule has 0 radical (unpaired) electrons. The molecule has 0 spiro atoms. The number of aryl methyl sites for hydroxylation is 2. The van der Waals surface area contributed by atoms with E-state index in [1.54, 1.807) is 17.7 Å². The summed E-state index contributed by atoms with van der Waals surface area (Å²) in [6.07, 6.45) is -3.22. The Morgan fingerprint density at radius 1 is 1.13 bits per heavy atom. The van der Waals surface area contributed by atoms with Gasteiger partial charge < -0.3 is 5.32 Å². The number of hydrogen-bond acceptors (Lipinski definition) is 5. The van der Waals surface area contributed by atoms with Gasteiger partial charge in [-0.1, -0.05) is 29.8 Å². The van der Waals surface area contributed by atoms with Crippen molar-refractivity contribution in [1.82, 2.24) is 29.4 Å². The van der Waals surface area contributed by atoms with E-state index < -0.39 is 17.9 Å². The number of benzene rings is 1. The van der Waals surface area contributed by atoms with Crippen LogP contribution in [0.2, 0.25) is 0 Å². The lowest BCUT2D eigenvalue weighted by Gasteiger charge is -2.10. The number of carbonyl (C=O) groups excluding carboxylic acids is 1. The van der Waals surface area contributed by atoms with Crippen LogP contribution < -0.4 is 5.32 Å². The first-order valence-corrected chi connectivity index (χ1v) is 8.91. The van der Waals surface area contributed by atoms with Gasteiger partial charge in [0.2, 0.25) is 0 Å². The van der Waals surface area contributed by atoms with Gasteiger partial charge in [-0.3, -0.25) is 4.79 Å². The summed E-state index contributed by atoms with van der Waals surface area (Å²) in [5.41, 5.74) is 2.29. The smallest absolute Gasteiger partial charge is 0.305 e. The molecule has 3 aromatic heterocycles. The number of rotatable bonds is 4. The van der Waals surface area contributed by atoms with E-state index in [0.29, 0.717) is 18.1 Å². The third-order valence-electron chi connectivity index (χ3n) is 4.30. The SMILES string of the molecule is Cc1cccc(Cn2nccc2NC(=O)c2cc(C)nc3nc(C(F)(F)F)nn23)c1. The summed E-state index contributed by atoms with van der Waals surface area (Å²) in [5, 5.41) is 10.3. The standard InChI is InChI=1S/C19H16F3N7O/c1-11-4-3-5-13(8-11)10-28-15(6-7-23-28)25-16(30)14-9-12(2)24-18-26-17(19(20,21)22)27-29(14)18/h3-9H,10H2,1-2H3,(H,25,30). The van der Waals surface area contributed by atoms with Crippen molar-refractivity contribution < 1.29 is 18.0 Å². The number of alkyl halides is 3. The van der Waals surface area contributed by atoms with Crippen LogP contribution in [-0.4, -0.2) is 35.3 Å². The highest BCUT2D eigenvalue weighted by atomic mass is 19.4. The van der Waals surface area contributed by atoms with Crippen LogP contribution in [0.3, 0.4) is 0 Å². The van der Waals surface area contributed by atoms with Gasteiger partial charge in [0.15, 0.2) is 0 Å². The highest BCUT2D eigenvalue weighted by Crippen LogP contribution is 2.26. The minimum Gasteiger partial charge on any atom is -0.305 e. The van der Waals surface area contributed by atoms with Gasteiger partial charge in [0.25, 0.3) is 17.5 Å². The second kappa shape index (κ2) is 7.25. The average molecular weight is 415 g/mol. The Morgan fingerprint density at radius 2 is 1.93 bits per heavy atom. The predicted molar refractivity (Wildman–Crippen MR) is 101 cm³/mol. The van der Waals surface area contributed by atoms with Crippen LogP contribution in [-0.2, 0) is 12.7 Å². The number of anilines is 1. The second-order valence-electron chi connectivity index (χ2n) is 6.75. The lowest BCUT2D eigenvalue weighted by atomic mass is 10.1. The first-order chi connectivity index (χ1) is 14.2. The number of carbonyl (C=O) groups is 1. The topological polar surface area (TPSA) is 90.0 Å². The van der Waals surface area contributed by atoms with Crippen molar-refractivity contribution in [2.75, 3.05) is 5.32 Å². The maximum Gasteiger partial charge on any atom is 0.453 e. The lowest BCUT2D eigenvalue weighted by Crippen LogP contribution is -2.20. The normalized spacial score (nSPS) is 11.8. The van der Waals surface area contributed by atoms with Gasteiger partial charge in [0.1, 0.15) is 11.5 Å². The molecule has 0 saturated heterocycles. The molecule has 11 heteroatoms. The molecule has 3 heterocycles. The molecule has 8 nitrogen and oxygen atoms in total. The van der Waals surface area contributed by atoms with E-state index in [4.69, 9.17) is 0 Å². The number of fused-ring (bicyclic) bond motifs is 1. The monoisotopic (exact) mass is 415 g/mol. The first-order valence-electron chi connectivity index (χ1n) is 8.91. The maximum absolute atomic E-state index is 13.0. The summed E-state index contributed by atoms with van der Waals surface area (Å²) in [5.74, 6) is -1.93. The van der Waals surface area contributed by atoms with E-state index in [9.17, 15) is 18.0 Å². The zero-order chi connectivity index (χ0) is 21.5. The van der Waals surface area contributed by atoms with Gasteiger partial charge in [-0.15, -0.1) is 5.10 Å². The number of nitrogens with zero attached hydrogens (tertiary/aromatic N) is 6. The molecule has 0 aliphatic heterocycles. The van der Waals surface area contributed by atoms with Gasteiger partial charge in [0.05, 0.1) is 12.7 Å². The van der Waals surface area contributed by atoms with E-state index in [1.165, 1.54) is 12.3 Å².